The first-order chi connectivity index (χ1) is 27.5. The van der Waals surface area contributed by atoms with E-state index in [0.717, 1.165) is 16.7 Å². The van der Waals surface area contributed by atoms with Crippen LogP contribution in [0.2, 0.25) is 0 Å². The SMILES string of the molecule is CC(=O)C(N)CCC[C@H](N)C(=O)Nc1ccc(C(c2ccc(NC(=O)[C@@H](N)CCCC(N)C(C)=O)cc2)c2ccc(NC(=O)[C@@H](N)CCCC(N)C(C)=O)cc2)cc1. The van der Waals surface area contributed by atoms with Crippen molar-refractivity contribution in [3.63, 3.8) is 0 Å². The number of benzene rings is 3. The Morgan fingerprint density at radius 3 is 0.793 bits per heavy atom. The van der Waals surface area contributed by atoms with Gasteiger partial charge < -0.3 is 50.4 Å². The summed E-state index contributed by atoms with van der Waals surface area (Å²) in [5.74, 6) is -1.68. The predicted octanol–water partition coefficient (Wildman–Crippen LogP) is 2.92. The van der Waals surface area contributed by atoms with Crippen LogP contribution in [0.15, 0.2) is 72.8 Å². The van der Waals surface area contributed by atoms with Crippen LogP contribution in [0, 0.1) is 0 Å². The lowest BCUT2D eigenvalue weighted by Crippen LogP contribution is -2.36. The number of carbonyl (C=O) groups is 6. The molecule has 15 heteroatoms. The second-order valence-corrected chi connectivity index (χ2v) is 15.0. The van der Waals surface area contributed by atoms with Crippen LogP contribution in [-0.2, 0) is 28.8 Å². The normalized spacial score (nSPS) is 14.8. The van der Waals surface area contributed by atoms with E-state index in [0.29, 0.717) is 74.8 Å². The lowest BCUT2D eigenvalue weighted by molar-refractivity contribution is -0.119. The van der Waals surface area contributed by atoms with Gasteiger partial charge in [0.2, 0.25) is 17.7 Å². The van der Waals surface area contributed by atoms with Gasteiger partial charge in [0, 0.05) is 23.0 Å². The minimum absolute atomic E-state index is 0.108. The van der Waals surface area contributed by atoms with Crippen LogP contribution in [0.4, 0.5) is 17.1 Å². The lowest BCUT2D eigenvalue weighted by atomic mass is 9.85. The van der Waals surface area contributed by atoms with Crippen molar-refractivity contribution in [2.75, 3.05) is 16.0 Å². The summed E-state index contributed by atoms with van der Waals surface area (Å²) < 4.78 is 0. The molecule has 0 radical (unpaired) electrons. The Balaban J connectivity index is 1.77. The van der Waals surface area contributed by atoms with Gasteiger partial charge in [-0.3, -0.25) is 28.8 Å². The van der Waals surface area contributed by atoms with E-state index < -0.39 is 36.3 Å². The quantitative estimate of drug-likeness (QED) is 0.0591. The highest BCUT2D eigenvalue weighted by Crippen LogP contribution is 2.34. The standard InChI is InChI=1S/C43H61N9O6/c1-25(53)34(44)7-4-10-37(47)41(56)50-31-19-13-28(14-20-31)40(29-15-21-32(22-16-29)51-42(57)38(48)11-5-8-35(45)26(2)54)30-17-23-33(24-18-30)52-43(58)39(49)12-6-9-36(46)27(3)55/h13-24,34-40H,4-12,44-49H2,1-3H3,(H,50,56)(H,51,57)(H,52,58)/t34?,35?,36?,37-,38-,39-,40?/m0/s1. The monoisotopic (exact) mass is 799 g/mol. The molecule has 0 fully saturated rings. The van der Waals surface area contributed by atoms with Crippen molar-refractivity contribution < 1.29 is 28.8 Å². The molecule has 15 N–H and O–H groups in total. The highest BCUT2D eigenvalue weighted by atomic mass is 16.2. The van der Waals surface area contributed by atoms with E-state index in [-0.39, 0.29) is 41.0 Å². The summed E-state index contributed by atoms with van der Waals surface area (Å²) in [5.41, 5.74) is 40.1. The van der Waals surface area contributed by atoms with Gasteiger partial charge in [-0.25, -0.2) is 0 Å². The summed E-state index contributed by atoms with van der Waals surface area (Å²) >= 11 is 0. The summed E-state index contributed by atoms with van der Waals surface area (Å²) in [6, 6.07) is 18.1. The minimum atomic E-state index is -0.774. The first-order valence-corrected chi connectivity index (χ1v) is 19.7. The Bertz CT molecular complexity index is 1620. The number of carbonyl (C=O) groups excluding carboxylic acids is 6. The van der Waals surface area contributed by atoms with Gasteiger partial charge in [-0.15, -0.1) is 0 Å². The van der Waals surface area contributed by atoms with Crippen molar-refractivity contribution in [1.82, 2.24) is 0 Å². The van der Waals surface area contributed by atoms with Gasteiger partial charge in [0.1, 0.15) is 17.3 Å². The number of hydrogen-bond donors (Lipinski definition) is 9. The molecule has 3 unspecified atom stereocenters. The van der Waals surface area contributed by atoms with Gasteiger partial charge in [0.15, 0.2) is 0 Å². The van der Waals surface area contributed by atoms with Crippen LogP contribution in [-0.4, -0.2) is 71.3 Å². The predicted molar refractivity (Wildman–Crippen MR) is 228 cm³/mol. The molecule has 3 amide bonds. The maximum atomic E-state index is 12.8. The molecule has 314 valence electrons. The molecule has 6 atom stereocenters. The number of amides is 3. The molecule has 0 saturated heterocycles. The molecule has 0 aromatic heterocycles. The molecule has 0 saturated carbocycles. The smallest absolute Gasteiger partial charge is 0.241 e. The van der Waals surface area contributed by atoms with Gasteiger partial charge >= 0.3 is 0 Å². The van der Waals surface area contributed by atoms with E-state index >= 15 is 0 Å². The van der Waals surface area contributed by atoms with Gasteiger partial charge in [-0.2, -0.15) is 0 Å². The first-order valence-electron chi connectivity index (χ1n) is 19.7. The van der Waals surface area contributed by atoms with E-state index in [2.05, 4.69) is 16.0 Å². The number of anilines is 3. The van der Waals surface area contributed by atoms with Crippen LogP contribution in [0.1, 0.15) is 101 Å². The molecular weight excluding hydrogens is 739 g/mol. The van der Waals surface area contributed by atoms with Crippen molar-refractivity contribution in [3.8, 4) is 0 Å². The fraction of sp³-hybridized carbons (Fsp3) is 0.442. The Morgan fingerprint density at radius 2 is 0.586 bits per heavy atom. The van der Waals surface area contributed by atoms with Crippen LogP contribution >= 0.6 is 0 Å². The van der Waals surface area contributed by atoms with Crippen molar-refractivity contribution in [1.29, 1.82) is 0 Å². The molecular formula is C43H61N9O6. The number of rotatable bonds is 24. The second kappa shape index (κ2) is 23.3. The number of hydrogen-bond acceptors (Lipinski definition) is 12. The van der Waals surface area contributed by atoms with E-state index in [1.165, 1.54) is 20.8 Å². The molecule has 58 heavy (non-hydrogen) atoms. The number of Topliss-reactive ketones (excluding diaryl/α,β-unsaturated/α-hetero) is 3. The topological polar surface area (TPSA) is 295 Å². The van der Waals surface area contributed by atoms with Crippen molar-refractivity contribution >= 4 is 52.1 Å². The minimum Gasteiger partial charge on any atom is -0.325 e. The molecule has 0 aliphatic heterocycles. The zero-order valence-electron chi connectivity index (χ0n) is 33.7. The average molecular weight is 800 g/mol. The Morgan fingerprint density at radius 1 is 0.379 bits per heavy atom. The van der Waals surface area contributed by atoms with E-state index in [4.69, 9.17) is 34.4 Å². The van der Waals surface area contributed by atoms with Crippen LogP contribution < -0.4 is 50.4 Å². The van der Waals surface area contributed by atoms with E-state index in [1.807, 2.05) is 36.4 Å². The molecule has 3 rings (SSSR count). The highest BCUT2D eigenvalue weighted by molar-refractivity contribution is 5.96. The van der Waals surface area contributed by atoms with Crippen LogP contribution in [0.25, 0.3) is 0 Å². The summed E-state index contributed by atoms with van der Waals surface area (Å²) in [5, 5.41) is 8.57. The molecule has 0 heterocycles. The maximum Gasteiger partial charge on any atom is 0.241 e. The van der Waals surface area contributed by atoms with Gasteiger partial charge in [0.25, 0.3) is 0 Å². The molecule has 3 aromatic rings. The largest absolute Gasteiger partial charge is 0.325 e. The zero-order valence-corrected chi connectivity index (χ0v) is 33.7. The number of nitrogens with two attached hydrogens (primary N) is 6. The number of ketones is 3. The molecule has 3 aromatic carbocycles. The third-order valence-electron chi connectivity index (χ3n) is 10.2. The summed E-state index contributed by atoms with van der Waals surface area (Å²) in [6.45, 7) is 4.31. The van der Waals surface area contributed by atoms with Crippen molar-refractivity contribution in [3.05, 3.63) is 89.5 Å². The Kier molecular flexibility index (Phi) is 19.0. The Hall–Kier alpha value is -5.16. The van der Waals surface area contributed by atoms with E-state index in [1.54, 1.807) is 36.4 Å². The summed E-state index contributed by atoms with van der Waals surface area (Å²) in [4.78, 5) is 72.8. The Labute approximate surface area is 340 Å². The highest BCUT2D eigenvalue weighted by Gasteiger charge is 2.21. The number of nitrogens with one attached hydrogen (secondary N) is 3. The lowest BCUT2D eigenvalue weighted by Gasteiger charge is -2.21. The van der Waals surface area contributed by atoms with Gasteiger partial charge in [0.05, 0.1) is 36.3 Å². The third-order valence-corrected chi connectivity index (χ3v) is 10.2. The second-order valence-electron chi connectivity index (χ2n) is 15.0. The van der Waals surface area contributed by atoms with Crippen LogP contribution in [0.5, 0.6) is 0 Å². The fourth-order valence-electron chi connectivity index (χ4n) is 6.24. The fourth-order valence-corrected chi connectivity index (χ4v) is 6.24. The molecule has 0 spiro atoms. The zero-order chi connectivity index (χ0) is 42.9. The summed E-state index contributed by atoms with van der Waals surface area (Å²) in [7, 11) is 0. The summed E-state index contributed by atoms with van der Waals surface area (Å²) in [6.07, 6.45) is 4.10. The third kappa shape index (κ3) is 15.3. The molecule has 0 aliphatic rings. The molecule has 0 bridgehead atoms. The maximum absolute atomic E-state index is 12.8. The average Bonchev–Trinajstić information content (AvgIpc) is 3.19. The van der Waals surface area contributed by atoms with Crippen LogP contribution in [0.3, 0.4) is 0 Å². The molecule has 0 aliphatic carbocycles. The van der Waals surface area contributed by atoms with E-state index in [9.17, 15) is 28.8 Å². The van der Waals surface area contributed by atoms with Gasteiger partial charge in [-0.05, 0) is 132 Å². The first kappa shape index (κ1) is 47.2. The van der Waals surface area contributed by atoms with Crippen molar-refractivity contribution in [2.24, 2.45) is 34.4 Å². The van der Waals surface area contributed by atoms with Crippen molar-refractivity contribution in [2.45, 2.75) is 121 Å². The molecule has 15 nitrogen and oxygen atoms in total. The van der Waals surface area contributed by atoms with Gasteiger partial charge in [-0.1, -0.05) is 36.4 Å².